The van der Waals surface area contributed by atoms with Crippen molar-refractivity contribution >= 4 is 34.4 Å². The second kappa shape index (κ2) is 13.6. The van der Waals surface area contributed by atoms with E-state index in [4.69, 9.17) is 10.1 Å². The van der Waals surface area contributed by atoms with E-state index in [-0.39, 0.29) is 23.6 Å². The Bertz CT molecular complexity index is 1930. The van der Waals surface area contributed by atoms with Gasteiger partial charge in [-0.25, -0.2) is 4.98 Å². The van der Waals surface area contributed by atoms with Gasteiger partial charge in [0.15, 0.2) is 0 Å². The maximum Gasteiger partial charge on any atom is 0.253 e. The summed E-state index contributed by atoms with van der Waals surface area (Å²) >= 11 is 0. The number of amides is 3. The van der Waals surface area contributed by atoms with Gasteiger partial charge in [0, 0.05) is 79.1 Å². The molecule has 0 spiro atoms. The Morgan fingerprint density at radius 2 is 1.78 bits per heavy atom. The van der Waals surface area contributed by atoms with E-state index >= 15 is 0 Å². The highest BCUT2D eigenvalue weighted by atomic mass is 16.2. The Morgan fingerprint density at radius 1 is 0.980 bits per heavy atom. The zero-order valence-electron chi connectivity index (χ0n) is 30.1. The van der Waals surface area contributed by atoms with Crippen LogP contribution in [0.25, 0.3) is 22.3 Å². The third kappa shape index (κ3) is 6.92. The van der Waals surface area contributed by atoms with Gasteiger partial charge in [-0.05, 0) is 99.6 Å². The van der Waals surface area contributed by atoms with Gasteiger partial charge >= 0.3 is 0 Å². The number of aromatic amines is 2. The van der Waals surface area contributed by atoms with Gasteiger partial charge in [-0.2, -0.15) is 5.10 Å². The van der Waals surface area contributed by atoms with Crippen molar-refractivity contribution in [2.45, 2.75) is 83.6 Å². The molecular formula is C40H50N8O3. The lowest BCUT2D eigenvalue weighted by Gasteiger charge is -2.40. The zero-order valence-corrected chi connectivity index (χ0v) is 30.1. The molecule has 1 atom stereocenters. The highest BCUT2D eigenvalue weighted by molar-refractivity contribution is 6.01. The fourth-order valence-corrected chi connectivity index (χ4v) is 8.85. The van der Waals surface area contributed by atoms with Gasteiger partial charge in [-0.3, -0.25) is 24.8 Å². The topological polar surface area (TPSA) is 130 Å². The number of carbonyl (C=O) groups excluding carboxylic acids is 3. The van der Waals surface area contributed by atoms with Gasteiger partial charge in [0.2, 0.25) is 11.8 Å². The Hall–Kier alpha value is -4.51. The molecule has 3 aliphatic heterocycles. The molecule has 8 rings (SSSR count). The number of piperidine rings is 3. The number of rotatable bonds is 7. The first-order valence-electron chi connectivity index (χ1n) is 18.8. The number of likely N-dealkylation sites (tertiary alicyclic amines) is 1. The number of pyridine rings is 1. The summed E-state index contributed by atoms with van der Waals surface area (Å²) in [5.41, 5.74) is 7.48. The molecule has 3 saturated heterocycles. The summed E-state index contributed by atoms with van der Waals surface area (Å²) < 4.78 is 0. The van der Waals surface area contributed by atoms with E-state index in [0.29, 0.717) is 30.2 Å². The van der Waals surface area contributed by atoms with E-state index in [1.807, 2.05) is 29.2 Å². The predicted octanol–water partition coefficient (Wildman–Crippen LogP) is 5.44. The number of benzene rings is 1. The standard InChI is InChI=1S/C40H50N8O3/c1-40(2)15-10-31-34(22-40)44-45-37(31)33-20-26-4-5-27(21-32(26)42-33)39(51)48-18-13-29(14-19-48)46(3)24-25-11-16-47(17-12-25)35-8-6-28(23-41-35)30-7-9-36(49)43-38(30)50/h4-6,8,20-21,23,25,29-30,42H,7,9-19,22,24H2,1-3H3,(H,44,45)(H,43,49,50). The normalized spacial score (nSPS) is 21.7. The smallest absolute Gasteiger partial charge is 0.253 e. The van der Waals surface area contributed by atoms with Gasteiger partial charge in [0.1, 0.15) is 11.5 Å². The summed E-state index contributed by atoms with van der Waals surface area (Å²) in [6.07, 6.45) is 10.1. The number of nitrogens with zero attached hydrogens (tertiary/aromatic N) is 5. The van der Waals surface area contributed by atoms with Crippen LogP contribution in [0.3, 0.4) is 0 Å². The minimum atomic E-state index is -0.301. The van der Waals surface area contributed by atoms with E-state index in [1.54, 1.807) is 6.20 Å². The van der Waals surface area contributed by atoms with Gasteiger partial charge in [0.25, 0.3) is 5.91 Å². The minimum Gasteiger partial charge on any atom is -0.357 e. The number of imide groups is 1. The number of H-pyrrole nitrogens is 2. The van der Waals surface area contributed by atoms with Crippen molar-refractivity contribution < 1.29 is 14.4 Å². The average molecular weight is 691 g/mol. The third-order valence-corrected chi connectivity index (χ3v) is 12.1. The number of hydrogen-bond donors (Lipinski definition) is 3. The number of carbonyl (C=O) groups is 3. The first-order chi connectivity index (χ1) is 24.6. The van der Waals surface area contributed by atoms with Gasteiger partial charge in [-0.1, -0.05) is 26.0 Å². The largest absolute Gasteiger partial charge is 0.357 e. The van der Waals surface area contributed by atoms with Crippen LogP contribution >= 0.6 is 0 Å². The molecule has 4 aromatic rings. The number of aromatic nitrogens is 4. The van der Waals surface area contributed by atoms with E-state index < -0.39 is 0 Å². The highest BCUT2D eigenvalue weighted by Crippen LogP contribution is 2.38. The van der Waals surface area contributed by atoms with Gasteiger partial charge < -0.3 is 19.7 Å². The molecule has 11 heteroatoms. The number of hydrogen-bond acceptors (Lipinski definition) is 7. The van der Waals surface area contributed by atoms with Crippen LogP contribution in [0.15, 0.2) is 42.6 Å². The van der Waals surface area contributed by atoms with Gasteiger partial charge in [0.05, 0.1) is 11.6 Å². The molecule has 0 saturated carbocycles. The first kappa shape index (κ1) is 33.6. The Morgan fingerprint density at radius 3 is 2.53 bits per heavy atom. The number of fused-ring (bicyclic) bond motifs is 2. The van der Waals surface area contributed by atoms with Crippen molar-refractivity contribution in [2.24, 2.45) is 11.3 Å². The van der Waals surface area contributed by atoms with Crippen molar-refractivity contribution in [3.05, 3.63) is 65.0 Å². The maximum atomic E-state index is 13.6. The lowest BCUT2D eigenvalue weighted by Crippen LogP contribution is -2.47. The van der Waals surface area contributed by atoms with Crippen molar-refractivity contribution in [3.63, 3.8) is 0 Å². The summed E-state index contributed by atoms with van der Waals surface area (Å²) in [4.78, 5) is 52.5. The summed E-state index contributed by atoms with van der Waals surface area (Å²) in [7, 11) is 2.25. The minimum absolute atomic E-state index is 0.111. The van der Waals surface area contributed by atoms with Crippen LogP contribution in [-0.4, -0.2) is 93.5 Å². The van der Waals surface area contributed by atoms with E-state index in [2.05, 4.69) is 58.2 Å². The summed E-state index contributed by atoms with van der Waals surface area (Å²) in [6, 6.07) is 12.7. The Labute approximate surface area is 299 Å². The quantitative estimate of drug-likeness (QED) is 0.220. The fourth-order valence-electron chi connectivity index (χ4n) is 8.85. The van der Waals surface area contributed by atoms with Crippen LogP contribution in [0.1, 0.15) is 91.9 Å². The Balaban J connectivity index is 0.812. The molecule has 51 heavy (non-hydrogen) atoms. The molecule has 11 nitrogen and oxygen atoms in total. The van der Waals surface area contributed by atoms with Crippen LogP contribution < -0.4 is 10.2 Å². The van der Waals surface area contributed by atoms with Crippen molar-refractivity contribution in [1.29, 1.82) is 0 Å². The predicted molar refractivity (Wildman–Crippen MR) is 198 cm³/mol. The second-order valence-electron chi connectivity index (χ2n) is 16.2. The Kier molecular flexibility index (Phi) is 8.94. The van der Waals surface area contributed by atoms with Crippen LogP contribution in [0, 0.1) is 11.3 Å². The van der Waals surface area contributed by atoms with Crippen LogP contribution in [0.5, 0.6) is 0 Å². The van der Waals surface area contributed by atoms with E-state index in [1.165, 1.54) is 11.3 Å². The van der Waals surface area contributed by atoms with Crippen molar-refractivity contribution in [2.75, 3.05) is 44.7 Å². The first-order valence-corrected chi connectivity index (χ1v) is 18.8. The monoisotopic (exact) mass is 690 g/mol. The molecule has 1 aliphatic carbocycles. The molecular weight excluding hydrogens is 640 g/mol. The van der Waals surface area contributed by atoms with Crippen molar-refractivity contribution in [1.82, 2.24) is 35.3 Å². The molecule has 268 valence electrons. The molecule has 3 aromatic heterocycles. The molecule has 3 N–H and O–H groups in total. The molecule has 3 fully saturated rings. The molecule has 0 bridgehead atoms. The van der Waals surface area contributed by atoms with Crippen molar-refractivity contribution in [3.8, 4) is 11.4 Å². The fraction of sp³-hybridized carbons (Fsp3) is 0.525. The average Bonchev–Trinajstić information content (AvgIpc) is 3.74. The molecule has 4 aliphatic rings. The van der Waals surface area contributed by atoms with Gasteiger partial charge in [-0.15, -0.1) is 0 Å². The molecule has 3 amide bonds. The highest BCUT2D eigenvalue weighted by Gasteiger charge is 2.32. The molecule has 1 unspecified atom stereocenters. The maximum absolute atomic E-state index is 13.6. The number of anilines is 1. The van der Waals surface area contributed by atoms with E-state index in [0.717, 1.165) is 117 Å². The van der Waals surface area contributed by atoms with E-state index in [9.17, 15) is 14.4 Å². The zero-order chi connectivity index (χ0) is 35.3. The third-order valence-electron chi connectivity index (χ3n) is 12.1. The molecule has 1 aromatic carbocycles. The summed E-state index contributed by atoms with van der Waals surface area (Å²) in [6.45, 7) is 9.18. The second-order valence-corrected chi connectivity index (χ2v) is 16.2. The van der Waals surface area contributed by atoms with Crippen LogP contribution in [-0.2, 0) is 22.4 Å². The van der Waals surface area contributed by atoms with Crippen LogP contribution in [0.4, 0.5) is 5.82 Å². The summed E-state index contributed by atoms with van der Waals surface area (Å²) in [5, 5.41) is 11.5. The SMILES string of the molecule is CN(CC1CCN(c2ccc(C3CCC(=O)NC3=O)cn2)CC1)C1CCN(C(=O)c2ccc3cc(-c4n[nH]c5c4CCC(C)(C)C5)[nH]c3c2)CC1. The number of nitrogens with one attached hydrogen (secondary N) is 3. The lowest BCUT2D eigenvalue weighted by atomic mass is 9.76. The lowest BCUT2D eigenvalue weighted by molar-refractivity contribution is -0.134. The summed E-state index contributed by atoms with van der Waals surface area (Å²) in [5.74, 6) is 0.972. The molecule has 6 heterocycles. The molecule has 0 radical (unpaired) electrons. The van der Waals surface area contributed by atoms with Crippen LogP contribution in [0.2, 0.25) is 0 Å².